The summed E-state index contributed by atoms with van der Waals surface area (Å²) in [5, 5.41) is 2.84. The molecule has 0 aromatic heterocycles. The molecule has 0 bridgehead atoms. The predicted molar refractivity (Wildman–Crippen MR) is 112 cm³/mol. The van der Waals surface area contributed by atoms with Crippen molar-refractivity contribution in [1.29, 1.82) is 0 Å². The molecule has 0 aliphatic carbocycles. The third kappa shape index (κ3) is 5.84. The number of hydrogen-bond acceptors (Lipinski definition) is 3. The number of amides is 2. The minimum atomic E-state index is -0.170. The first kappa shape index (κ1) is 20.0. The molecule has 2 aromatic carbocycles. The Morgan fingerprint density at radius 2 is 1.96 bits per heavy atom. The SMILES string of the molecule is CC(Sc1ccc(Br)cc1)C(=O)NCc1cccc(CN2CCCC2=O)c1. The van der Waals surface area contributed by atoms with Gasteiger partial charge in [-0.2, -0.15) is 0 Å². The molecule has 1 fully saturated rings. The highest BCUT2D eigenvalue weighted by atomic mass is 79.9. The maximum Gasteiger partial charge on any atom is 0.233 e. The zero-order chi connectivity index (χ0) is 19.2. The van der Waals surface area contributed by atoms with Crippen LogP contribution in [0.2, 0.25) is 0 Å². The fourth-order valence-corrected chi connectivity index (χ4v) is 4.19. The smallest absolute Gasteiger partial charge is 0.233 e. The average Bonchev–Trinajstić information content (AvgIpc) is 3.06. The summed E-state index contributed by atoms with van der Waals surface area (Å²) in [6.45, 7) is 3.89. The summed E-state index contributed by atoms with van der Waals surface area (Å²) in [4.78, 5) is 27.2. The van der Waals surface area contributed by atoms with Gasteiger partial charge in [0.1, 0.15) is 0 Å². The summed E-state index contributed by atoms with van der Waals surface area (Å²) in [5.74, 6) is 0.246. The highest BCUT2D eigenvalue weighted by Gasteiger charge is 2.20. The van der Waals surface area contributed by atoms with E-state index in [1.54, 1.807) is 11.8 Å². The van der Waals surface area contributed by atoms with Gasteiger partial charge in [-0.25, -0.2) is 0 Å². The number of rotatable bonds is 7. The number of benzene rings is 2. The molecule has 1 aliphatic rings. The average molecular weight is 447 g/mol. The number of hydrogen-bond donors (Lipinski definition) is 1. The second-order valence-corrected chi connectivity index (χ2v) is 9.00. The van der Waals surface area contributed by atoms with E-state index in [9.17, 15) is 9.59 Å². The maximum absolute atomic E-state index is 12.4. The van der Waals surface area contributed by atoms with Gasteiger partial charge in [-0.15, -0.1) is 11.8 Å². The van der Waals surface area contributed by atoms with Crippen molar-refractivity contribution in [2.24, 2.45) is 0 Å². The molecule has 1 atom stereocenters. The fourth-order valence-electron chi connectivity index (χ4n) is 3.03. The molecule has 3 rings (SSSR count). The number of nitrogens with zero attached hydrogens (tertiary/aromatic N) is 1. The molecule has 0 saturated carbocycles. The van der Waals surface area contributed by atoms with Gasteiger partial charge in [-0.05, 0) is 48.7 Å². The molecule has 4 nitrogen and oxygen atoms in total. The van der Waals surface area contributed by atoms with E-state index in [-0.39, 0.29) is 17.1 Å². The second kappa shape index (κ2) is 9.42. The van der Waals surface area contributed by atoms with E-state index in [1.165, 1.54) is 0 Å². The Hall–Kier alpha value is -1.79. The van der Waals surface area contributed by atoms with Crippen LogP contribution in [0.4, 0.5) is 0 Å². The van der Waals surface area contributed by atoms with Crippen LogP contribution in [0, 0.1) is 0 Å². The third-order valence-electron chi connectivity index (χ3n) is 4.50. The Morgan fingerprint density at radius 1 is 1.22 bits per heavy atom. The minimum Gasteiger partial charge on any atom is -0.351 e. The Kier molecular flexibility index (Phi) is 6.96. The number of likely N-dealkylation sites (tertiary alicyclic amines) is 1. The van der Waals surface area contributed by atoms with Gasteiger partial charge in [-0.1, -0.05) is 40.2 Å². The Balaban J connectivity index is 1.51. The first-order valence-corrected chi connectivity index (χ1v) is 10.7. The van der Waals surface area contributed by atoms with Crippen molar-refractivity contribution in [2.75, 3.05) is 6.54 Å². The molecule has 1 saturated heterocycles. The summed E-state index contributed by atoms with van der Waals surface area (Å²) in [6.07, 6.45) is 1.60. The van der Waals surface area contributed by atoms with Crippen LogP contribution >= 0.6 is 27.7 Å². The van der Waals surface area contributed by atoms with Crippen molar-refractivity contribution in [3.8, 4) is 0 Å². The first-order chi connectivity index (χ1) is 13.0. The molecule has 2 aromatic rings. The van der Waals surface area contributed by atoms with Crippen molar-refractivity contribution in [2.45, 2.75) is 43.0 Å². The Morgan fingerprint density at radius 3 is 2.67 bits per heavy atom. The summed E-state index contributed by atoms with van der Waals surface area (Å²) in [6, 6.07) is 16.0. The zero-order valence-electron chi connectivity index (χ0n) is 15.3. The normalized spacial score (nSPS) is 15.0. The summed E-state index contributed by atoms with van der Waals surface area (Å²) in [7, 11) is 0. The van der Waals surface area contributed by atoms with Gasteiger partial charge in [-0.3, -0.25) is 9.59 Å². The van der Waals surface area contributed by atoms with Gasteiger partial charge >= 0.3 is 0 Å². The molecule has 6 heteroatoms. The Bertz CT molecular complexity index is 810. The lowest BCUT2D eigenvalue weighted by atomic mass is 10.1. The zero-order valence-corrected chi connectivity index (χ0v) is 17.7. The van der Waals surface area contributed by atoms with E-state index in [4.69, 9.17) is 0 Å². The monoisotopic (exact) mass is 446 g/mol. The van der Waals surface area contributed by atoms with Gasteiger partial charge in [0.05, 0.1) is 5.25 Å². The molecule has 1 aliphatic heterocycles. The van der Waals surface area contributed by atoms with E-state index in [1.807, 2.05) is 54.3 Å². The van der Waals surface area contributed by atoms with Crippen LogP contribution in [0.3, 0.4) is 0 Å². The van der Waals surface area contributed by atoms with Crippen LogP contribution in [-0.2, 0) is 22.7 Å². The van der Waals surface area contributed by atoms with Crippen LogP contribution in [0.1, 0.15) is 30.9 Å². The van der Waals surface area contributed by atoms with Crippen LogP contribution < -0.4 is 5.32 Å². The lowest BCUT2D eigenvalue weighted by Crippen LogP contribution is -2.30. The largest absolute Gasteiger partial charge is 0.351 e. The molecular formula is C21H23BrN2O2S. The highest BCUT2D eigenvalue weighted by Crippen LogP contribution is 2.25. The van der Waals surface area contributed by atoms with Crippen LogP contribution in [-0.4, -0.2) is 28.5 Å². The van der Waals surface area contributed by atoms with Crippen molar-refractivity contribution >= 4 is 39.5 Å². The van der Waals surface area contributed by atoms with Crippen LogP contribution in [0.15, 0.2) is 57.9 Å². The van der Waals surface area contributed by atoms with Crippen LogP contribution in [0.5, 0.6) is 0 Å². The van der Waals surface area contributed by atoms with Gasteiger partial charge in [0.15, 0.2) is 0 Å². The molecule has 0 radical (unpaired) electrons. The molecule has 1 N–H and O–H groups in total. The molecule has 0 spiro atoms. The number of nitrogens with one attached hydrogen (secondary N) is 1. The van der Waals surface area contributed by atoms with E-state index >= 15 is 0 Å². The molecule has 1 heterocycles. The predicted octanol–water partition coefficient (Wildman–Crippen LogP) is 4.37. The lowest BCUT2D eigenvalue weighted by molar-refractivity contribution is -0.128. The topological polar surface area (TPSA) is 49.4 Å². The molecular weight excluding hydrogens is 424 g/mol. The van der Waals surface area contributed by atoms with Gasteiger partial charge in [0.2, 0.25) is 11.8 Å². The number of carbonyl (C=O) groups is 2. The van der Waals surface area contributed by atoms with Crippen molar-refractivity contribution in [3.05, 3.63) is 64.1 Å². The van der Waals surface area contributed by atoms with E-state index in [2.05, 4.69) is 27.3 Å². The van der Waals surface area contributed by atoms with E-state index in [0.717, 1.165) is 33.5 Å². The van der Waals surface area contributed by atoms with E-state index in [0.29, 0.717) is 19.5 Å². The molecule has 142 valence electrons. The van der Waals surface area contributed by atoms with Crippen molar-refractivity contribution < 1.29 is 9.59 Å². The van der Waals surface area contributed by atoms with E-state index < -0.39 is 0 Å². The summed E-state index contributed by atoms with van der Waals surface area (Å²) >= 11 is 4.96. The lowest BCUT2D eigenvalue weighted by Gasteiger charge is -2.16. The van der Waals surface area contributed by atoms with Gasteiger partial charge in [0, 0.05) is 35.4 Å². The number of thioether (sulfide) groups is 1. The maximum atomic E-state index is 12.4. The third-order valence-corrected chi connectivity index (χ3v) is 6.14. The minimum absolute atomic E-state index is 0.0167. The molecule has 2 amide bonds. The molecule has 1 unspecified atom stereocenters. The van der Waals surface area contributed by atoms with Gasteiger partial charge < -0.3 is 10.2 Å². The number of carbonyl (C=O) groups excluding carboxylic acids is 2. The highest BCUT2D eigenvalue weighted by molar-refractivity contribution is 9.10. The first-order valence-electron chi connectivity index (χ1n) is 9.07. The standard InChI is InChI=1S/C21H23BrN2O2S/c1-15(27-19-9-7-18(22)8-10-19)21(26)23-13-16-4-2-5-17(12-16)14-24-11-3-6-20(24)25/h2,4-5,7-10,12,15H,3,6,11,13-14H2,1H3,(H,23,26). The Labute approximate surface area is 172 Å². The van der Waals surface area contributed by atoms with Crippen molar-refractivity contribution in [3.63, 3.8) is 0 Å². The number of halogens is 1. The molecule has 27 heavy (non-hydrogen) atoms. The van der Waals surface area contributed by atoms with Crippen LogP contribution in [0.25, 0.3) is 0 Å². The fraction of sp³-hybridized carbons (Fsp3) is 0.333. The summed E-state index contributed by atoms with van der Waals surface area (Å²) < 4.78 is 1.03. The quantitative estimate of drug-likeness (QED) is 0.642. The van der Waals surface area contributed by atoms with Crippen molar-refractivity contribution in [1.82, 2.24) is 10.2 Å². The summed E-state index contributed by atoms with van der Waals surface area (Å²) in [5.41, 5.74) is 2.16. The second-order valence-electron chi connectivity index (χ2n) is 6.67. The van der Waals surface area contributed by atoms with Gasteiger partial charge in [0.25, 0.3) is 0 Å².